The van der Waals surface area contributed by atoms with Crippen molar-refractivity contribution in [1.82, 2.24) is 0 Å². The Balaban J connectivity index is 1.15. The standard InChI is InChI=1S/C48H32N2O3/c51-42-26-22-32-12-3-7-18-38(32)46(42)44-36-16-5-1-10-30(36)20-24-40(44)49-28-34-14-9-15-35(48(34)53)29-50-41-25-21-31-11-2-6-17-37(31)45(41)47-39-19-8-4-13-33(39)23-27-43(47)52/h1-29,51-53H. The molecule has 0 aromatic heterocycles. The number of nitrogens with zero attached hydrogens (tertiary/aromatic N) is 2. The molecule has 0 atom stereocenters. The van der Waals surface area contributed by atoms with E-state index in [2.05, 4.69) is 0 Å². The maximum atomic E-state index is 11.6. The van der Waals surface area contributed by atoms with Crippen molar-refractivity contribution >= 4 is 66.9 Å². The summed E-state index contributed by atoms with van der Waals surface area (Å²) < 4.78 is 0. The largest absolute Gasteiger partial charge is 0.507 e. The molecule has 9 rings (SSSR count). The SMILES string of the molecule is Oc1ccc2ccccc2c1-c1c(N=Cc2cccc(C=Nc3ccc4ccccc4c3-c3c(O)ccc4ccccc34)c2O)ccc2ccccc12. The maximum absolute atomic E-state index is 11.6. The number of hydrogen-bond acceptors (Lipinski definition) is 5. The van der Waals surface area contributed by atoms with Crippen LogP contribution in [-0.2, 0) is 0 Å². The average molecular weight is 685 g/mol. The summed E-state index contributed by atoms with van der Waals surface area (Å²) in [5.41, 5.74) is 5.38. The molecule has 0 aliphatic heterocycles. The van der Waals surface area contributed by atoms with E-state index in [1.54, 1.807) is 24.6 Å². The van der Waals surface area contributed by atoms with Gasteiger partial charge in [-0.1, -0.05) is 127 Å². The minimum absolute atomic E-state index is 0.0331. The van der Waals surface area contributed by atoms with E-state index in [-0.39, 0.29) is 17.2 Å². The summed E-state index contributed by atoms with van der Waals surface area (Å²) in [6, 6.07) is 52.8. The summed E-state index contributed by atoms with van der Waals surface area (Å²) in [5.74, 6) is 0.371. The fraction of sp³-hybridized carbons (Fsp3) is 0. The lowest BCUT2D eigenvalue weighted by Crippen LogP contribution is -1.91. The molecule has 0 unspecified atom stereocenters. The molecule has 3 N–H and O–H groups in total. The van der Waals surface area contributed by atoms with E-state index in [9.17, 15) is 15.3 Å². The normalized spacial score (nSPS) is 11.8. The van der Waals surface area contributed by atoms with Gasteiger partial charge in [0, 0.05) is 45.8 Å². The van der Waals surface area contributed by atoms with Gasteiger partial charge in [0.1, 0.15) is 17.2 Å². The quantitative estimate of drug-likeness (QED) is 0.152. The molecular weight excluding hydrogens is 653 g/mol. The van der Waals surface area contributed by atoms with E-state index < -0.39 is 0 Å². The molecule has 0 spiro atoms. The molecule has 9 aromatic rings. The highest BCUT2D eigenvalue weighted by molar-refractivity contribution is 6.13. The Kier molecular flexibility index (Phi) is 7.87. The van der Waals surface area contributed by atoms with Crippen molar-refractivity contribution in [3.05, 3.63) is 175 Å². The fourth-order valence-electron chi connectivity index (χ4n) is 7.37. The predicted molar refractivity (Wildman–Crippen MR) is 220 cm³/mol. The maximum Gasteiger partial charge on any atom is 0.133 e. The summed E-state index contributed by atoms with van der Waals surface area (Å²) in [6.07, 6.45) is 3.30. The Morgan fingerprint density at radius 1 is 0.321 bits per heavy atom. The van der Waals surface area contributed by atoms with E-state index in [0.29, 0.717) is 33.6 Å². The van der Waals surface area contributed by atoms with Gasteiger partial charge in [0.25, 0.3) is 0 Å². The van der Waals surface area contributed by atoms with Crippen LogP contribution in [0.2, 0.25) is 0 Å². The van der Waals surface area contributed by atoms with Crippen molar-refractivity contribution in [1.29, 1.82) is 0 Å². The lowest BCUT2D eigenvalue weighted by Gasteiger charge is -2.15. The number of aliphatic imine (C=N–C) groups is 2. The predicted octanol–water partition coefficient (Wildman–Crippen LogP) is 12.3. The molecule has 0 aliphatic carbocycles. The van der Waals surface area contributed by atoms with Crippen LogP contribution in [0.3, 0.4) is 0 Å². The van der Waals surface area contributed by atoms with Crippen LogP contribution in [0.15, 0.2) is 174 Å². The first-order valence-corrected chi connectivity index (χ1v) is 17.4. The van der Waals surface area contributed by atoms with Gasteiger partial charge in [-0.05, 0) is 79.5 Å². The first kappa shape index (κ1) is 31.7. The molecule has 0 amide bonds. The molecule has 53 heavy (non-hydrogen) atoms. The Labute approximate surface area is 305 Å². The highest BCUT2D eigenvalue weighted by Crippen LogP contribution is 2.46. The summed E-state index contributed by atoms with van der Waals surface area (Å²) in [4.78, 5) is 9.86. The second-order valence-electron chi connectivity index (χ2n) is 13.0. The number of aromatic hydroxyl groups is 3. The van der Waals surface area contributed by atoms with Crippen molar-refractivity contribution in [2.75, 3.05) is 0 Å². The summed E-state index contributed by atoms with van der Waals surface area (Å²) in [5, 5.41) is 41.9. The van der Waals surface area contributed by atoms with Gasteiger partial charge in [0.2, 0.25) is 0 Å². The molecule has 0 bridgehead atoms. The van der Waals surface area contributed by atoms with Crippen molar-refractivity contribution < 1.29 is 15.3 Å². The Hall–Kier alpha value is -7.24. The van der Waals surface area contributed by atoms with Crippen molar-refractivity contribution in [3.63, 3.8) is 0 Å². The van der Waals surface area contributed by atoms with Crippen LogP contribution in [-0.4, -0.2) is 27.7 Å². The van der Waals surface area contributed by atoms with E-state index in [1.165, 1.54) is 0 Å². The zero-order valence-electron chi connectivity index (χ0n) is 28.5. The number of phenols is 3. The Morgan fingerprint density at radius 2 is 0.660 bits per heavy atom. The molecule has 5 nitrogen and oxygen atoms in total. The number of phenolic OH excluding ortho intramolecular Hbond substituents is 3. The third-order valence-electron chi connectivity index (χ3n) is 9.91. The number of fused-ring (bicyclic) bond motifs is 4. The van der Waals surface area contributed by atoms with Gasteiger partial charge in [0.15, 0.2) is 0 Å². The summed E-state index contributed by atoms with van der Waals surface area (Å²) in [7, 11) is 0. The number of rotatable bonds is 6. The zero-order chi connectivity index (χ0) is 35.9. The number of benzene rings is 9. The molecule has 0 fully saturated rings. The average Bonchev–Trinajstić information content (AvgIpc) is 3.20. The zero-order valence-corrected chi connectivity index (χ0v) is 28.5. The molecule has 0 saturated heterocycles. The number of hydrogen-bond donors (Lipinski definition) is 3. The van der Waals surface area contributed by atoms with Gasteiger partial charge >= 0.3 is 0 Å². The molecule has 252 valence electrons. The van der Waals surface area contributed by atoms with Crippen LogP contribution < -0.4 is 0 Å². The Morgan fingerprint density at radius 3 is 1.06 bits per heavy atom. The lowest BCUT2D eigenvalue weighted by molar-refractivity contribution is 0.473. The molecule has 9 aromatic carbocycles. The highest BCUT2D eigenvalue weighted by atomic mass is 16.3. The van der Waals surface area contributed by atoms with Crippen LogP contribution in [0.25, 0.3) is 65.3 Å². The first-order valence-electron chi connectivity index (χ1n) is 17.4. The second kappa shape index (κ2) is 13.1. The minimum Gasteiger partial charge on any atom is -0.507 e. The van der Waals surface area contributed by atoms with E-state index >= 15 is 0 Å². The van der Waals surface area contributed by atoms with Crippen LogP contribution in [0, 0.1) is 0 Å². The van der Waals surface area contributed by atoms with Crippen LogP contribution in [0.1, 0.15) is 11.1 Å². The molecule has 0 aliphatic rings. The molecule has 5 heteroatoms. The third kappa shape index (κ3) is 5.61. The second-order valence-corrected chi connectivity index (χ2v) is 13.0. The lowest BCUT2D eigenvalue weighted by atomic mass is 9.91. The van der Waals surface area contributed by atoms with Gasteiger partial charge < -0.3 is 15.3 Å². The fourth-order valence-corrected chi connectivity index (χ4v) is 7.37. The molecule has 0 saturated carbocycles. The van der Waals surface area contributed by atoms with Gasteiger partial charge in [-0.15, -0.1) is 0 Å². The van der Waals surface area contributed by atoms with E-state index in [0.717, 1.165) is 54.2 Å². The first-order chi connectivity index (χ1) is 26.0. The molecule has 0 heterocycles. The summed E-state index contributed by atoms with van der Waals surface area (Å²) >= 11 is 0. The monoisotopic (exact) mass is 684 g/mol. The molecular formula is C48H32N2O3. The van der Waals surface area contributed by atoms with Gasteiger partial charge in [0.05, 0.1) is 11.4 Å². The third-order valence-corrected chi connectivity index (χ3v) is 9.91. The van der Waals surface area contributed by atoms with E-state index in [1.807, 2.05) is 152 Å². The Bertz CT molecular complexity index is 2750. The van der Waals surface area contributed by atoms with Crippen molar-refractivity contribution in [3.8, 4) is 39.5 Å². The topological polar surface area (TPSA) is 85.4 Å². The highest BCUT2D eigenvalue weighted by Gasteiger charge is 2.18. The minimum atomic E-state index is 0.0331. The van der Waals surface area contributed by atoms with Crippen molar-refractivity contribution in [2.24, 2.45) is 9.98 Å². The van der Waals surface area contributed by atoms with Gasteiger partial charge in [-0.3, -0.25) is 9.98 Å². The van der Waals surface area contributed by atoms with Gasteiger partial charge in [-0.25, -0.2) is 0 Å². The summed E-state index contributed by atoms with van der Waals surface area (Å²) in [6.45, 7) is 0. The van der Waals surface area contributed by atoms with Crippen molar-refractivity contribution in [2.45, 2.75) is 0 Å². The van der Waals surface area contributed by atoms with E-state index in [4.69, 9.17) is 9.98 Å². The number of para-hydroxylation sites is 1. The molecule has 0 radical (unpaired) electrons. The smallest absolute Gasteiger partial charge is 0.133 e. The van der Waals surface area contributed by atoms with Crippen LogP contribution in [0.4, 0.5) is 11.4 Å². The van der Waals surface area contributed by atoms with Crippen LogP contribution >= 0.6 is 0 Å². The van der Waals surface area contributed by atoms with Crippen LogP contribution in [0.5, 0.6) is 17.2 Å². The van der Waals surface area contributed by atoms with Gasteiger partial charge in [-0.2, -0.15) is 0 Å².